The van der Waals surface area contributed by atoms with Gasteiger partial charge in [0, 0.05) is 72.2 Å². The van der Waals surface area contributed by atoms with Gasteiger partial charge in [-0.25, -0.2) is 0 Å². The lowest BCUT2D eigenvalue weighted by Gasteiger charge is -2.32. The number of benzene rings is 2. The molecule has 3 amide bonds. The SMILES string of the molecule is CN1CC(Cc2ccc3c(c2)C(=O)N(C[C@H](O)CN2CCc4ccccc4C2)CCO3)CC1=O.CN1CC(N)CC1=O. The Labute approximate surface area is 248 Å². The highest BCUT2D eigenvalue weighted by atomic mass is 16.5. The van der Waals surface area contributed by atoms with Gasteiger partial charge in [0.25, 0.3) is 5.91 Å². The second-order valence-corrected chi connectivity index (χ2v) is 12.1. The van der Waals surface area contributed by atoms with Gasteiger partial charge in [0.1, 0.15) is 12.4 Å². The third-order valence-electron chi connectivity index (χ3n) is 8.61. The van der Waals surface area contributed by atoms with Crippen LogP contribution in [0.4, 0.5) is 0 Å². The second kappa shape index (κ2) is 13.2. The average molecular weight is 578 g/mol. The summed E-state index contributed by atoms with van der Waals surface area (Å²) < 4.78 is 5.86. The molecule has 4 heterocycles. The highest BCUT2D eigenvalue weighted by Gasteiger charge is 2.30. The third-order valence-corrected chi connectivity index (χ3v) is 8.61. The first kappa shape index (κ1) is 30.0. The Hall–Kier alpha value is -3.47. The van der Waals surface area contributed by atoms with Gasteiger partial charge in [0.05, 0.1) is 18.2 Å². The smallest absolute Gasteiger partial charge is 0.257 e. The van der Waals surface area contributed by atoms with Crippen LogP contribution < -0.4 is 10.5 Å². The lowest BCUT2D eigenvalue weighted by molar-refractivity contribution is -0.127. The lowest BCUT2D eigenvalue weighted by Crippen LogP contribution is -2.44. The standard InChI is InChI=1S/C27H33N3O4.C5H10N2O/c1-28-15-20(14-26(28)32)12-19-6-7-25-24(13-19)27(33)30(10-11-34-25)18-23(31)17-29-9-8-21-4-2-3-5-22(21)16-29;1-7-3-4(6)2-5(7)8/h2-7,13,20,23,31H,8-12,14-18H2,1H3;4H,2-3,6H2,1H3/t20?,23-;/m1./s1. The molecule has 2 fully saturated rings. The molecule has 3 N–H and O–H groups in total. The summed E-state index contributed by atoms with van der Waals surface area (Å²) in [5, 5.41) is 10.8. The molecule has 4 aliphatic heterocycles. The highest BCUT2D eigenvalue weighted by Crippen LogP contribution is 2.28. The number of carbonyl (C=O) groups is 3. The van der Waals surface area contributed by atoms with E-state index in [9.17, 15) is 19.5 Å². The van der Waals surface area contributed by atoms with Crippen molar-refractivity contribution in [3.8, 4) is 5.75 Å². The molecule has 4 aliphatic rings. The van der Waals surface area contributed by atoms with Crippen molar-refractivity contribution in [2.24, 2.45) is 11.7 Å². The van der Waals surface area contributed by atoms with Gasteiger partial charge in [-0.3, -0.25) is 19.3 Å². The fourth-order valence-electron chi connectivity index (χ4n) is 6.35. The number of aliphatic hydroxyl groups is 1. The van der Waals surface area contributed by atoms with E-state index in [-0.39, 0.29) is 36.2 Å². The maximum Gasteiger partial charge on any atom is 0.257 e. The quantitative estimate of drug-likeness (QED) is 0.529. The van der Waals surface area contributed by atoms with Gasteiger partial charge < -0.3 is 30.3 Å². The van der Waals surface area contributed by atoms with Crippen molar-refractivity contribution in [1.82, 2.24) is 19.6 Å². The summed E-state index contributed by atoms with van der Waals surface area (Å²) in [5.41, 5.74) is 9.74. The first-order valence-corrected chi connectivity index (χ1v) is 14.9. The number of hydrogen-bond acceptors (Lipinski definition) is 7. The molecule has 6 rings (SSSR count). The summed E-state index contributed by atoms with van der Waals surface area (Å²) in [6, 6.07) is 14.3. The average Bonchev–Trinajstić information content (AvgIpc) is 3.38. The first-order valence-electron chi connectivity index (χ1n) is 14.9. The van der Waals surface area contributed by atoms with E-state index in [1.807, 2.05) is 25.2 Å². The number of likely N-dealkylation sites (N-methyl/N-ethyl adjacent to an activating group) is 1. The van der Waals surface area contributed by atoms with E-state index < -0.39 is 6.10 Å². The normalized spacial score (nSPS) is 23.1. The zero-order valence-corrected chi connectivity index (χ0v) is 24.7. The fraction of sp³-hybridized carbons (Fsp3) is 0.531. The summed E-state index contributed by atoms with van der Waals surface area (Å²) in [5.74, 6) is 1.11. The van der Waals surface area contributed by atoms with Crippen LogP contribution in [-0.2, 0) is 29.0 Å². The molecule has 2 aromatic carbocycles. The van der Waals surface area contributed by atoms with Gasteiger partial charge in [-0.2, -0.15) is 0 Å². The number of aliphatic hydroxyl groups excluding tert-OH is 1. The molecule has 0 saturated carbocycles. The second-order valence-electron chi connectivity index (χ2n) is 12.1. The van der Waals surface area contributed by atoms with Gasteiger partial charge in [0.2, 0.25) is 11.8 Å². The minimum atomic E-state index is -0.626. The van der Waals surface area contributed by atoms with Crippen LogP contribution in [0.15, 0.2) is 42.5 Å². The molecule has 0 aromatic heterocycles. The molecule has 0 spiro atoms. The van der Waals surface area contributed by atoms with Crippen LogP contribution in [0.5, 0.6) is 5.75 Å². The number of rotatable bonds is 6. The number of nitrogens with zero attached hydrogens (tertiary/aromatic N) is 4. The van der Waals surface area contributed by atoms with Crippen molar-refractivity contribution >= 4 is 17.7 Å². The molecule has 3 atom stereocenters. The Kier molecular flexibility index (Phi) is 9.45. The Morgan fingerprint density at radius 2 is 1.69 bits per heavy atom. The summed E-state index contributed by atoms with van der Waals surface area (Å²) in [6.45, 7) is 4.89. The van der Waals surface area contributed by atoms with Crippen molar-refractivity contribution in [2.45, 2.75) is 44.4 Å². The highest BCUT2D eigenvalue weighted by molar-refractivity contribution is 5.97. The molecule has 42 heavy (non-hydrogen) atoms. The van der Waals surface area contributed by atoms with Crippen LogP contribution in [0.2, 0.25) is 0 Å². The molecule has 10 nitrogen and oxygen atoms in total. The Morgan fingerprint density at radius 3 is 2.36 bits per heavy atom. The van der Waals surface area contributed by atoms with E-state index in [0.717, 1.165) is 44.6 Å². The molecule has 2 aromatic rings. The molecule has 2 saturated heterocycles. The van der Waals surface area contributed by atoms with E-state index in [1.54, 1.807) is 21.7 Å². The predicted molar refractivity (Wildman–Crippen MR) is 159 cm³/mol. The number of β-amino-alcohol motifs (C(OH)–C–C–N with tert-alkyl or cyclic N) is 1. The van der Waals surface area contributed by atoms with Crippen LogP contribution in [0, 0.1) is 5.92 Å². The number of carbonyl (C=O) groups excluding carboxylic acids is 3. The monoisotopic (exact) mass is 577 g/mol. The van der Waals surface area contributed by atoms with Crippen LogP contribution >= 0.6 is 0 Å². The summed E-state index contributed by atoms with van der Waals surface area (Å²) >= 11 is 0. The number of likely N-dealkylation sites (tertiary alicyclic amines) is 2. The predicted octanol–water partition coefficient (Wildman–Crippen LogP) is 1.14. The number of ether oxygens (including phenoxy) is 1. The number of amides is 3. The van der Waals surface area contributed by atoms with E-state index in [2.05, 4.69) is 29.2 Å². The Morgan fingerprint density at radius 1 is 0.952 bits per heavy atom. The van der Waals surface area contributed by atoms with E-state index in [0.29, 0.717) is 43.9 Å². The summed E-state index contributed by atoms with van der Waals surface area (Å²) in [4.78, 5) is 43.3. The van der Waals surface area contributed by atoms with Crippen molar-refractivity contribution in [2.75, 3.05) is 60.0 Å². The zero-order chi connectivity index (χ0) is 29.8. The zero-order valence-electron chi connectivity index (χ0n) is 24.7. The van der Waals surface area contributed by atoms with Crippen molar-refractivity contribution in [3.05, 3.63) is 64.7 Å². The summed E-state index contributed by atoms with van der Waals surface area (Å²) in [6.07, 6.45) is 2.19. The number of fused-ring (bicyclic) bond motifs is 2. The van der Waals surface area contributed by atoms with Crippen LogP contribution in [-0.4, -0.2) is 115 Å². The van der Waals surface area contributed by atoms with Gasteiger partial charge in [0.15, 0.2) is 0 Å². The van der Waals surface area contributed by atoms with Gasteiger partial charge >= 0.3 is 0 Å². The maximum absolute atomic E-state index is 13.4. The van der Waals surface area contributed by atoms with E-state index in [1.165, 1.54) is 11.1 Å². The van der Waals surface area contributed by atoms with Crippen LogP contribution in [0.25, 0.3) is 0 Å². The van der Waals surface area contributed by atoms with Gasteiger partial charge in [-0.1, -0.05) is 30.3 Å². The van der Waals surface area contributed by atoms with Gasteiger partial charge in [-0.05, 0) is 47.6 Å². The third kappa shape index (κ3) is 7.29. The fourth-order valence-corrected chi connectivity index (χ4v) is 6.35. The minimum absolute atomic E-state index is 0.0764. The number of nitrogens with two attached hydrogens (primary N) is 1. The topological polar surface area (TPSA) is 120 Å². The van der Waals surface area contributed by atoms with Crippen LogP contribution in [0.3, 0.4) is 0 Å². The molecular formula is C32H43N5O5. The number of hydrogen-bond donors (Lipinski definition) is 2. The molecule has 0 aliphatic carbocycles. The largest absolute Gasteiger partial charge is 0.491 e. The summed E-state index contributed by atoms with van der Waals surface area (Å²) in [7, 11) is 3.61. The van der Waals surface area contributed by atoms with Crippen molar-refractivity contribution in [1.29, 1.82) is 0 Å². The molecule has 0 radical (unpaired) electrons. The first-order chi connectivity index (χ1) is 20.2. The molecule has 226 valence electrons. The lowest BCUT2D eigenvalue weighted by atomic mass is 9.96. The Balaban J connectivity index is 0.000000382. The minimum Gasteiger partial charge on any atom is -0.491 e. The van der Waals surface area contributed by atoms with Gasteiger partial charge in [-0.15, -0.1) is 0 Å². The van der Waals surface area contributed by atoms with E-state index in [4.69, 9.17) is 10.5 Å². The molecule has 0 bridgehead atoms. The molecule has 2 unspecified atom stereocenters. The van der Waals surface area contributed by atoms with Crippen molar-refractivity contribution in [3.63, 3.8) is 0 Å². The Bertz CT molecular complexity index is 1300. The van der Waals surface area contributed by atoms with E-state index >= 15 is 0 Å². The molecule has 10 heteroatoms. The maximum atomic E-state index is 13.4. The van der Waals surface area contributed by atoms with Crippen molar-refractivity contribution < 1.29 is 24.2 Å². The molecular weight excluding hydrogens is 534 g/mol. The van der Waals surface area contributed by atoms with Crippen LogP contribution in [0.1, 0.15) is 39.9 Å².